The average molecular weight is 439 g/mol. The molecule has 0 spiro atoms. The molecule has 0 saturated heterocycles. The highest BCUT2D eigenvalue weighted by atomic mass is 32.2. The van der Waals surface area contributed by atoms with Gasteiger partial charge in [0.15, 0.2) is 0 Å². The second-order valence-electron chi connectivity index (χ2n) is 7.27. The largest absolute Gasteiger partial charge is 0.348 e. The van der Waals surface area contributed by atoms with E-state index in [9.17, 15) is 9.59 Å². The molecule has 156 valence electrons. The van der Waals surface area contributed by atoms with Gasteiger partial charge in [-0.2, -0.15) is 0 Å². The number of hydrogen-bond donors (Lipinski definition) is 2. The third-order valence-electron chi connectivity index (χ3n) is 5.14. The van der Waals surface area contributed by atoms with Gasteiger partial charge in [-0.15, -0.1) is 0 Å². The molecular formula is C25H18N4O2S. The van der Waals surface area contributed by atoms with Gasteiger partial charge >= 0.3 is 0 Å². The van der Waals surface area contributed by atoms with Crippen LogP contribution in [-0.2, 0) is 6.54 Å². The number of nitrogens with zero attached hydrogens (tertiary/aromatic N) is 2. The third-order valence-corrected chi connectivity index (χ3v) is 6.29. The number of fused-ring (bicyclic) bond motifs is 2. The minimum Gasteiger partial charge on any atom is -0.348 e. The van der Waals surface area contributed by atoms with Crippen LogP contribution >= 0.6 is 11.8 Å². The summed E-state index contributed by atoms with van der Waals surface area (Å²) >= 11 is 1.51. The van der Waals surface area contributed by atoms with Crippen molar-refractivity contribution >= 4 is 29.3 Å². The number of carbonyl (C=O) groups excluding carboxylic acids is 2. The maximum atomic E-state index is 12.7. The van der Waals surface area contributed by atoms with Crippen molar-refractivity contribution in [2.75, 3.05) is 5.32 Å². The van der Waals surface area contributed by atoms with Crippen LogP contribution in [0.25, 0.3) is 11.1 Å². The molecule has 2 heterocycles. The number of nitrogens with one attached hydrogen (secondary N) is 2. The molecule has 5 rings (SSSR count). The van der Waals surface area contributed by atoms with Crippen LogP contribution < -0.4 is 10.6 Å². The van der Waals surface area contributed by atoms with Crippen LogP contribution in [0.4, 0.5) is 5.69 Å². The van der Waals surface area contributed by atoms with Crippen molar-refractivity contribution < 1.29 is 9.59 Å². The van der Waals surface area contributed by atoms with E-state index in [1.165, 1.54) is 18.1 Å². The fraction of sp³-hybridized carbons (Fsp3) is 0.0400. The zero-order valence-corrected chi connectivity index (χ0v) is 17.7. The van der Waals surface area contributed by atoms with Gasteiger partial charge in [-0.05, 0) is 41.5 Å². The normalized spacial score (nSPS) is 12.2. The fourth-order valence-electron chi connectivity index (χ4n) is 3.46. The maximum absolute atomic E-state index is 12.7. The van der Waals surface area contributed by atoms with Crippen LogP contribution in [-0.4, -0.2) is 21.8 Å². The average Bonchev–Trinajstić information content (AvgIpc) is 2.98. The Kier molecular flexibility index (Phi) is 5.39. The molecule has 1 aliphatic rings. The van der Waals surface area contributed by atoms with Crippen molar-refractivity contribution in [3.8, 4) is 11.1 Å². The first-order chi connectivity index (χ1) is 15.7. The Morgan fingerprint density at radius 1 is 0.906 bits per heavy atom. The number of rotatable bonds is 4. The molecular weight excluding hydrogens is 420 g/mol. The van der Waals surface area contributed by atoms with Crippen LogP contribution in [0.1, 0.15) is 26.3 Å². The molecule has 0 fully saturated rings. The Hall–Kier alpha value is -3.97. The highest BCUT2D eigenvalue weighted by Crippen LogP contribution is 2.39. The van der Waals surface area contributed by atoms with E-state index < -0.39 is 0 Å². The van der Waals surface area contributed by atoms with Crippen LogP contribution in [0.2, 0.25) is 0 Å². The molecule has 0 bridgehead atoms. The zero-order valence-electron chi connectivity index (χ0n) is 16.9. The van der Waals surface area contributed by atoms with Gasteiger partial charge in [0, 0.05) is 39.9 Å². The van der Waals surface area contributed by atoms with Crippen molar-refractivity contribution in [3.05, 3.63) is 102 Å². The first-order valence-electron chi connectivity index (χ1n) is 10.0. The summed E-state index contributed by atoms with van der Waals surface area (Å²) in [7, 11) is 0. The number of aromatic nitrogens is 2. The Labute approximate surface area is 189 Å². The Morgan fingerprint density at radius 3 is 2.50 bits per heavy atom. The second kappa shape index (κ2) is 8.64. The molecule has 3 aromatic carbocycles. The lowest BCUT2D eigenvalue weighted by molar-refractivity contribution is 0.0949. The van der Waals surface area contributed by atoms with Crippen molar-refractivity contribution in [3.63, 3.8) is 0 Å². The van der Waals surface area contributed by atoms with Crippen molar-refractivity contribution in [1.82, 2.24) is 15.3 Å². The standard InChI is InChI=1S/C25H18N4O2S/c30-24(28-12-16-5-7-17(8-6-16)19-13-26-15-27-14-19)18-9-10-23-21(11-18)29-25(31)20-3-1-2-4-22(20)32-23/h1-11,13-15H,12H2,(H,28,30)(H,29,31). The van der Waals surface area contributed by atoms with Crippen LogP contribution in [0.3, 0.4) is 0 Å². The number of hydrogen-bond acceptors (Lipinski definition) is 5. The predicted molar refractivity (Wildman–Crippen MR) is 124 cm³/mol. The maximum Gasteiger partial charge on any atom is 0.256 e. The SMILES string of the molecule is O=C(NCc1ccc(-c2cncnc2)cc1)c1ccc2c(c1)NC(=O)c1ccccc1S2. The minimum atomic E-state index is -0.200. The lowest BCUT2D eigenvalue weighted by Crippen LogP contribution is -2.23. The van der Waals surface area contributed by atoms with E-state index in [4.69, 9.17) is 0 Å². The third kappa shape index (κ3) is 4.10. The Bertz CT molecular complexity index is 1310. The number of benzene rings is 3. The molecule has 0 unspecified atom stereocenters. The van der Waals surface area contributed by atoms with Crippen molar-refractivity contribution in [1.29, 1.82) is 0 Å². The summed E-state index contributed by atoms with van der Waals surface area (Å²) in [4.78, 5) is 35.2. The van der Waals surface area contributed by atoms with E-state index in [0.29, 0.717) is 23.4 Å². The monoisotopic (exact) mass is 438 g/mol. The summed E-state index contributed by atoms with van der Waals surface area (Å²) in [6.07, 6.45) is 5.02. The Morgan fingerprint density at radius 2 is 1.69 bits per heavy atom. The summed E-state index contributed by atoms with van der Waals surface area (Å²) in [6, 6.07) is 20.7. The number of amides is 2. The van der Waals surface area contributed by atoms with Gasteiger partial charge in [0.05, 0.1) is 11.3 Å². The van der Waals surface area contributed by atoms with Crippen LogP contribution in [0.5, 0.6) is 0 Å². The second-order valence-corrected chi connectivity index (χ2v) is 8.35. The van der Waals surface area contributed by atoms with Crippen molar-refractivity contribution in [2.45, 2.75) is 16.3 Å². The topological polar surface area (TPSA) is 84.0 Å². The molecule has 0 aliphatic carbocycles. The van der Waals surface area contributed by atoms with E-state index in [1.54, 1.807) is 30.6 Å². The quantitative estimate of drug-likeness (QED) is 0.479. The molecule has 7 heteroatoms. The van der Waals surface area contributed by atoms with Gasteiger partial charge in [0.25, 0.3) is 11.8 Å². The molecule has 2 N–H and O–H groups in total. The summed E-state index contributed by atoms with van der Waals surface area (Å²) in [6.45, 7) is 0.397. The lowest BCUT2D eigenvalue weighted by Gasteiger charge is -2.10. The van der Waals surface area contributed by atoms with Gasteiger partial charge in [-0.3, -0.25) is 9.59 Å². The molecule has 0 saturated carbocycles. The predicted octanol–water partition coefficient (Wildman–Crippen LogP) is 4.79. The highest BCUT2D eigenvalue weighted by Gasteiger charge is 2.20. The van der Waals surface area contributed by atoms with Gasteiger partial charge in [0.2, 0.25) is 0 Å². The summed E-state index contributed by atoms with van der Waals surface area (Å²) in [5.41, 5.74) is 4.70. The molecule has 0 atom stereocenters. The zero-order chi connectivity index (χ0) is 21.9. The Balaban J connectivity index is 1.28. The first kappa shape index (κ1) is 20.0. The van der Waals surface area contributed by atoms with E-state index in [2.05, 4.69) is 20.6 Å². The molecule has 6 nitrogen and oxygen atoms in total. The molecule has 0 radical (unpaired) electrons. The van der Waals surface area contributed by atoms with E-state index in [-0.39, 0.29) is 11.8 Å². The van der Waals surface area contributed by atoms with Gasteiger partial charge in [-0.1, -0.05) is 48.2 Å². The molecule has 1 aromatic heterocycles. The van der Waals surface area contributed by atoms with Crippen molar-refractivity contribution in [2.24, 2.45) is 0 Å². The van der Waals surface area contributed by atoms with Gasteiger partial charge in [0.1, 0.15) is 6.33 Å². The van der Waals surface area contributed by atoms with Crippen LogP contribution in [0, 0.1) is 0 Å². The smallest absolute Gasteiger partial charge is 0.256 e. The summed E-state index contributed by atoms with van der Waals surface area (Å²) in [5.74, 6) is -0.373. The highest BCUT2D eigenvalue weighted by molar-refractivity contribution is 7.99. The number of anilines is 1. The molecule has 4 aromatic rings. The fourth-order valence-corrected chi connectivity index (χ4v) is 4.47. The summed E-state index contributed by atoms with van der Waals surface area (Å²) in [5, 5.41) is 5.86. The first-order valence-corrected chi connectivity index (χ1v) is 10.8. The molecule has 1 aliphatic heterocycles. The number of carbonyl (C=O) groups is 2. The molecule has 2 amide bonds. The lowest BCUT2D eigenvalue weighted by atomic mass is 10.1. The van der Waals surface area contributed by atoms with Gasteiger partial charge in [-0.25, -0.2) is 9.97 Å². The van der Waals surface area contributed by atoms with E-state index in [1.807, 2.05) is 48.5 Å². The summed E-state index contributed by atoms with van der Waals surface area (Å²) < 4.78 is 0. The van der Waals surface area contributed by atoms with E-state index >= 15 is 0 Å². The molecule has 32 heavy (non-hydrogen) atoms. The van der Waals surface area contributed by atoms with Gasteiger partial charge < -0.3 is 10.6 Å². The van der Waals surface area contributed by atoms with Crippen LogP contribution in [0.15, 0.2) is 95.2 Å². The van der Waals surface area contributed by atoms with E-state index in [0.717, 1.165) is 26.5 Å². The minimum absolute atomic E-state index is 0.173.